The Balaban J connectivity index is 1.42. The molecule has 4 nitrogen and oxygen atoms in total. The van der Waals surface area contributed by atoms with E-state index in [9.17, 15) is 0 Å². The van der Waals surface area contributed by atoms with Crippen molar-refractivity contribution in [2.75, 3.05) is 26.3 Å². The first kappa shape index (κ1) is 17.9. The number of nitrogens with zero attached hydrogens (tertiary/aromatic N) is 1. The molecule has 1 N–H and O–H groups in total. The lowest BCUT2D eigenvalue weighted by atomic mass is 10.0. The molecule has 1 aliphatic heterocycles. The zero-order chi connectivity index (χ0) is 18.8. The van der Waals surface area contributed by atoms with Gasteiger partial charge in [0.05, 0.1) is 6.61 Å². The molecular weight excluding hydrogens is 336 g/mol. The van der Waals surface area contributed by atoms with Crippen LogP contribution in [0.2, 0.25) is 0 Å². The van der Waals surface area contributed by atoms with Crippen molar-refractivity contribution >= 4 is 10.9 Å². The van der Waals surface area contributed by atoms with Crippen molar-refractivity contribution in [3.8, 4) is 11.5 Å². The Hall–Kier alpha value is -2.46. The van der Waals surface area contributed by atoms with Crippen molar-refractivity contribution in [1.82, 2.24) is 9.88 Å². The molecule has 0 radical (unpaired) electrons. The van der Waals surface area contributed by atoms with Gasteiger partial charge in [0, 0.05) is 42.7 Å². The van der Waals surface area contributed by atoms with Gasteiger partial charge in [-0.05, 0) is 61.7 Å². The maximum atomic E-state index is 6.01. The number of hydrogen-bond acceptors (Lipinski definition) is 3. The zero-order valence-electron chi connectivity index (χ0n) is 16.5. The van der Waals surface area contributed by atoms with Crippen molar-refractivity contribution < 1.29 is 9.47 Å². The zero-order valence-corrected chi connectivity index (χ0v) is 16.5. The lowest BCUT2D eigenvalue weighted by molar-refractivity contribution is 0.191. The second kappa shape index (κ2) is 7.65. The Labute approximate surface area is 161 Å². The molecule has 0 unspecified atom stereocenters. The van der Waals surface area contributed by atoms with Crippen LogP contribution in [0.3, 0.4) is 0 Å². The quantitative estimate of drug-likeness (QED) is 0.693. The monoisotopic (exact) mass is 364 g/mol. The smallest absolute Gasteiger partial charge is 0.161 e. The van der Waals surface area contributed by atoms with Gasteiger partial charge in [-0.25, -0.2) is 0 Å². The summed E-state index contributed by atoms with van der Waals surface area (Å²) in [4.78, 5) is 6.11. The van der Waals surface area contributed by atoms with Crippen LogP contribution in [0.5, 0.6) is 11.5 Å². The third-order valence-corrected chi connectivity index (χ3v) is 5.48. The predicted molar refractivity (Wildman–Crippen MR) is 110 cm³/mol. The molecule has 0 saturated carbocycles. The Morgan fingerprint density at radius 3 is 2.56 bits per heavy atom. The van der Waals surface area contributed by atoms with Gasteiger partial charge in [-0.3, -0.25) is 4.90 Å². The predicted octanol–water partition coefficient (Wildman–Crippen LogP) is 4.62. The molecule has 0 atom stereocenters. The summed E-state index contributed by atoms with van der Waals surface area (Å²) in [6, 6.07) is 12.5. The van der Waals surface area contributed by atoms with Crippen molar-refractivity contribution in [3.63, 3.8) is 0 Å². The highest BCUT2D eigenvalue weighted by molar-refractivity contribution is 5.86. The maximum absolute atomic E-state index is 6.01. The van der Waals surface area contributed by atoms with E-state index in [1.807, 2.05) is 31.2 Å². The molecule has 0 saturated heterocycles. The minimum Gasteiger partial charge on any atom is -0.490 e. The van der Waals surface area contributed by atoms with Gasteiger partial charge >= 0.3 is 0 Å². The summed E-state index contributed by atoms with van der Waals surface area (Å²) >= 11 is 0. The third kappa shape index (κ3) is 3.67. The Bertz CT molecular complexity index is 945. The number of nitrogens with one attached hydrogen (secondary N) is 1. The first-order chi connectivity index (χ1) is 13.2. The molecular formula is C23H28N2O2. The van der Waals surface area contributed by atoms with Crippen LogP contribution in [-0.4, -0.2) is 36.2 Å². The molecule has 0 bridgehead atoms. The van der Waals surface area contributed by atoms with Gasteiger partial charge in [-0.2, -0.15) is 0 Å². The Morgan fingerprint density at radius 1 is 1.04 bits per heavy atom. The summed E-state index contributed by atoms with van der Waals surface area (Å²) in [5.74, 6) is 1.65. The van der Waals surface area contributed by atoms with Crippen molar-refractivity contribution in [1.29, 1.82) is 0 Å². The number of aromatic amines is 1. The van der Waals surface area contributed by atoms with E-state index in [1.165, 1.54) is 33.3 Å². The van der Waals surface area contributed by atoms with E-state index < -0.39 is 0 Å². The van der Waals surface area contributed by atoms with E-state index in [0.29, 0.717) is 13.2 Å². The number of aromatic nitrogens is 1. The first-order valence-corrected chi connectivity index (χ1v) is 9.83. The van der Waals surface area contributed by atoms with Crippen LogP contribution in [0.4, 0.5) is 0 Å². The number of aryl methyl sites for hydroxylation is 2. The topological polar surface area (TPSA) is 37.5 Å². The molecule has 0 spiro atoms. The molecule has 0 amide bonds. The Kier molecular flexibility index (Phi) is 5.08. The molecule has 1 aromatic heterocycles. The first-order valence-electron chi connectivity index (χ1n) is 9.83. The molecule has 4 heteroatoms. The molecule has 2 aromatic carbocycles. The number of ether oxygens (including phenoxy) is 2. The SMILES string of the molecule is CCOc1ccccc1OCCN1CCc2[nH]c3cc(C)c(C)cc3c2C1. The van der Waals surface area contributed by atoms with Gasteiger partial charge in [0.1, 0.15) is 6.61 Å². The lowest BCUT2D eigenvalue weighted by Crippen LogP contribution is -2.33. The van der Waals surface area contributed by atoms with Crippen molar-refractivity contribution in [2.45, 2.75) is 33.7 Å². The van der Waals surface area contributed by atoms with E-state index in [-0.39, 0.29) is 0 Å². The summed E-state index contributed by atoms with van der Waals surface area (Å²) < 4.78 is 11.7. The number of fused-ring (bicyclic) bond motifs is 3. The van der Waals surface area contributed by atoms with Crippen LogP contribution in [0.1, 0.15) is 29.3 Å². The van der Waals surface area contributed by atoms with Crippen LogP contribution in [0.25, 0.3) is 10.9 Å². The largest absolute Gasteiger partial charge is 0.490 e. The van der Waals surface area contributed by atoms with E-state index in [2.05, 4.69) is 35.9 Å². The van der Waals surface area contributed by atoms with E-state index in [4.69, 9.17) is 9.47 Å². The number of para-hydroxylation sites is 2. The number of benzene rings is 2. The standard InChI is InChI=1S/C23H28N2O2/c1-4-26-22-7-5-6-8-23(22)27-12-11-25-10-9-20-19(15-25)18-13-16(2)17(3)14-21(18)24-20/h5-8,13-14,24H,4,9-12,15H2,1-3H3. The van der Waals surface area contributed by atoms with Crippen LogP contribution in [0, 0.1) is 13.8 Å². The average molecular weight is 364 g/mol. The molecule has 3 aromatic rings. The number of rotatable bonds is 6. The van der Waals surface area contributed by atoms with Gasteiger partial charge in [0.2, 0.25) is 0 Å². The molecule has 4 rings (SSSR count). The third-order valence-electron chi connectivity index (χ3n) is 5.48. The van der Waals surface area contributed by atoms with E-state index >= 15 is 0 Å². The molecule has 0 fully saturated rings. The molecule has 142 valence electrons. The van der Waals surface area contributed by atoms with Gasteiger partial charge in [0.15, 0.2) is 11.5 Å². The lowest BCUT2D eigenvalue weighted by Gasteiger charge is -2.27. The summed E-state index contributed by atoms with van der Waals surface area (Å²) in [7, 11) is 0. The fraction of sp³-hybridized carbons (Fsp3) is 0.391. The summed E-state index contributed by atoms with van der Waals surface area (Å²) in [6.45, 7) is 10.6. The second-order valence-electron chi connectivity index (χ2n) is 7.32. The second-order valence-corrected chi connectivity index (χ2v) is 7.32. The van der Waals surface area contributed by atoms with Crippen molar-refractivity contribution in [3.05, 3.63) is 58.8 Å². The molecule has 27 heavy (non-hydrogen) atoms. The van der Waals surface area contributed by atoms with E-state index in [1.54, 1.807) is 0 Å². The minimum absolute atomic E-state index is 0.648. The highest BCUT2D eigenvalue weighted by Gasteiger charge is 2.21. The van der Waals surface area contributed by atoms with Gasteiger partial charge in [-0.1, -0.05) is 12.1 Å². The normalized spacial score (nSPS) is 14.3. The average Bonchev–Trinajstić information content (AvgIpc) is 3.00. The maximum Gasteiger partial charge on any atom is 0.161 e. The minimum atomic E-state index is 0.648. The molecule has 2 heterocycles. The van der Waals surface area contributed by atoms with Crippen LogP contribution in [0.15, 0.2) is 36.4 Å². The highest BCUT2D eigenvalue weighted by Crippen LogP contribution is 2.30. The molecule has 1 aliphatic rings. The number of H-pyrrole nitrogens is 1. The van der Waals surface area contributed by atoms with Crippen LogP contribution < -0.4 is 9.47 Å². The van der Waals surface area contributed by atoms with E-state index in [0.717, 1.165) is 37.6 Å². The molecule has 0 aliphatic carbocycles. The summed E-state index contributed by atoms with van der Waals surface area (Å²) in [5.41, 5.74) is 6.83. The highest BCUT2D eigenvalue weighted by atomic mass is 16.5. The van der Waals surface area contributed by atoms with Crippen molar-refractivity contribution in [2.24, 2.45) is 0 Å². The summed E-state index contributed by atoms with van der Waals surface area (Å²) in [5, 5.41) is 1.38. The van der Waals surface area contributed by atoms with Gasteiger partial charge < -0.3 is 14.5 Å². The fourth-order valence-corrected chi connectivity index (χ4v) is 3.86. The van der Waals surface area contributed by atoms with Gasteiger partial charge in [-0.15, -0.1) is 0 Å². The fourth-order valence-electron chi connectivity index (χ4n) is 3.86. The van der Waals surface area contributed by atoms with Crippen LogP contribution in [-0.2, 0) is 13.0 Å². The van der Waals surface area contributed by atoms with Crippen LogP contribution >= 0.6 is 0 Å². The van der Waals surface area contributed by atoms with Gasteiger partial charge in [0.25, 0.3) is 0 Å². The summed E-state index contributed by atoms with van der Waals surface area (Å²) in [6.07, 6.45) is 1.07. The Morgan fingerprint density at radius 2 is 1.78 bits per heavy atom. The number of hydrogen-bond donors (Lipinski definition) is 1.